The lowest BCUT2D eigenvalue weighted by atomic mass is 9.95. The first kappa shape index (κ1) is 11.4. The van der Waals surface area contributed by atoms with E-state index in [1.807, 2.05) is 30.3 Å². The fraction of sp³-hybridized carbons (Fsp3) is 0.333. The highest BCUT2D eigenvalue weighted by molar-refractivity contribution is 5.82. The first-order chi connectivity index (χ1) is 7.09. The maximum absolute atomic E-state index is 10.9. The monoisotopic (exact) mass is 206 g/mol. The second-order valence-corrected chi connectivity index (χ2v) is 3.63. The third-order valence-electron chi connectivity index (χ3n) is 2.21. The van der Waals surface area contributed by atoms with Gasteiger partial charge < -0.3 is 9.90 Å². The molecule has 3 nitrogen and oxygen atoms in total. The van der Waals surface area contributed by atoms with Crippen LogP contribution in [0.2, 0.25) is 0 Å². The number of hydrogen-bond acceptors (Lipinski definition) is 2. The van der Waals surface area contributed by atoms with Crippen LogP contribution >= 0.6 is 0 Å². The van der Waals surface area contributed by atoms with Gasteiger partial charge in [-0.2, -0.15) is 0 Å². The van der Waals surface area contributed by atoms with Crippen molar-refractivity contribution in [2.45, 2.75) is 19.8 Å². The highest BCUT2D eigenvalue weighted by atomic mass is 16.4. The van der Waals surface area contributed by atoms with Gasteiger partial charge in [-0.15, -0.1) is 0 Å². The Kier molecular flexibility index (Phi) is 4.03. The van der Waals surface area contributed by atoms with Crippen molar-refractivity contribution in [3.63, 3.8) is 0 Å². The molecule has 0 saturated carbocycles. The zero-order valence-electron chi connectivity index (χ0n) is 8.64. The van der Waals surface area contributed by atoms with Crippen molar-refractivity contribution in [3.8, 4) is 0 Å². The number of carbonyl (C=O) groups excluding carboxylic acids is 1. The fourth-order valence-corrected chi connectivity index (χ4v) is 1.49. The Hall–Kier alpha value is -1.64. The topological polar surface area (TPSA) is 54.4 Å². The first-order valence-electron chi connectivity index (χ1n) is 4.85. The summed E-state index contributed by atoms with van der Waals surface area (Å²) in [5.74, 6) is -1.60. The summed E-state index contributed by atoms with van der Waals surface area (Å²) >= 11 is 0. The Bertz CT molecular complexity index is 343. The van der Waals surface area contributed by atoms with E-state index < -0.39 is 11.9 Å². The summed E-state index contributed by atoms with van der Waals surface area (Å²) in [6.07, 6.45) is 0.514. The molecular weight excluding hydrogens is 192 g/mol. The van der Waals surface area contributed by atoms with E-state index in [0.717, 1.165) is 5.56 Å². The number of carboxylic acid groups (broad SMARTS) is 1. The maximum atomic E-state index is 10.9. The molecule has 0 heterocycles. The normalized spacial score (nSPS) is 12.1. The largest absolute Gasteiger partial charge is 0.481 e. The molecule has 0 bridgehead atoms. The van der Waals surface area contributed by atoms with Gasteiger partial charge in [-0.3, -0.25) is 4.79 Å². The van der Waals surface area contributed by atoms with Crippen LogP contribution in [0.1, 0.15) is 18.9 Å². The second kappa shape index (κ2) is 5.29. The van der Waals surface area contributed by atoms with E-state index in [1.54, 1.807) is 0 Å². The zero-order valence-corrected chi connectivity index (χ0v) is 8.64. The minimum absolute atomic E-state index is 0.0849. The molecule has 15 heavy (non-hydrogen) atoms. The summed E-state index contributed by atoms with van der Waals surface area (Å²) in [5, 5.41) is 8.93. The Labute approximate surface area is 88.7 Å². The van der Waals surface area contributed by atoms with Gasteiger partial charge in [0.05, 0.1) is 5.92 Å². The van der Waals surface area contributed by atoms with Gasteiger partial charge in [0, 0.05) is 6.42 Å². The first-order valence-corrected chi connectivity index (χ1v) is 4.85. The van der Waals surface area contributed by atoms with Crippen molar-refractivity contribution < 1.29 is 14.7 Å². The molecule has 0 fully saturated rings. The zero-order chi connectivity index (χ0) is 11.3. The molecule has 80 valence electrons. The molecule has 0 aliphatic rings. The summed E-state index contributed by atoms with van der Waals surface area (Å²) in [7, 11) is 0. The van der Waals surface area contributed by atoms with Gasteiger partial charge in [-0.05, 0) is 18.9 Å². The van der Waals surface area contributed by atoms with Crippen LogP contribution in [0.4, 0.5) is 0 Å². The predicted octanol–water partition coefficient (Wildman–Crippen LogP) is 1.91. The summed E-state index contributed by atoms with van der Waals surface area (Å²) in [5.41, 5.74) is 0.950. The molecule has 0 spiro atoms. The van der Waals surface area contributed by atoms with Gasteiger partial charge in [0.15, 0.2) is 0 Å². The van der Waals surface area contributed by atoms with E-state index in [-0.39, 0.29) is 12.2 Å². The van der Waals surface area contributed by atoms with Crippen molar-refractivity contribution in [2.75, 3.05) is 0 Å². The van der Waals surface area contributed by atoms with Crippen LogP contribution < -0.4 is 0 Å². The number of hydrogen-bond donors (Lipinski definition) is 1. The standard InChI is InChI=1S/C12H14O3/c1-9(13)7-11(12(14)15)8-10-5-3-2-4-6-10/h2-6,11H,7-8H2,1H3,(H,14,15)/t11-/m0/s1. The molecule has 1 atom stereocenters. The molecule has 1 rings (SSSR count). The smallest absolute Gasteiger partial charge is 0.307 e. The van der Waals surface area contributed by atoms with Crippen molar-refractivity contribution in [2.24, 2.45) is 5.92 Å². The van der Waals surface area contributed by atoms with Crippen LogP contribution in [0.25, 0.3) is 0 Å². The van der Waals surface area contributed by atoms with Crippen molar-refractivity contribution in [3.05, 3.63) is 35.9 Å². The van der Waals surface area contributed by atoms with E-state index in [1.165, 1.54) is 6.92 Å². The van der Waals surface area contributed by atoms with Gasteiger partial charge >= 0.3 is 5.97 Å². The third-order valence-corrected chi connectivity index (χ3v) is 2.21. The van der Waals surface area contributed by atoms with Crippen LogP contribution in [0, 0.1) is 5.92 Å². The molecule has 3 heteroatoms. The number of carbonyl (C=O) groups is 2. The molecule has 1 aromatic rings. The third kappa shape index (κ3) is 3.94. The average molecular weight is 206 g/mol. The summed E-state index contributed by atoms with van der Waals surface area (Å²) < 4.78 is 0. The lowest BCUT2D eigenvalue weighted by Gasteiger charge is -2.09. The molecule has 0 amide bonds. The van der Waals surface area contributed by atoms with Gasteiger partial charge in [0.2, 0.25) is 0 Å². The van der Waals surface area contributed by atoms with E-state index >= 15 is 0 Å². The van der Waals surface area contributed by atoms with Crippen LogP contribution in [0.15, 0.2) is 30.3 Å². The number of Topliss-reactive ketones (excluding diaryl/α,β-unsaturated/α-hetero) is 1. The molecule has 0 unspecified atom stereocenters. The Morgan fingerprint density at radius 3 is 2.33 bits per heavy atom. The fourth-order valence-electron chi connectivity index (χ4n) is 1.49. The molecule has 1 aromatic carbocycles. The number of carboxylic acids is 1. The van der Waals surface area contributed by atoms with Crippen molar-refractivity contribution >= 4 is 11.8 Å². The number of ketones is 1. The van der Waals surface area contributed by atoms with E-state index in [2.05, 4.69) is 0 Å². The van der Waals surface area contributed by atoms with Gasteiger partial charge in [0.1, 0.15) is 5.78 Å². The Morgan fingerprint density at radius 2 is 1.87 bits per heavy atom. The molecule has 0 aliphatic carbocycles. The summed E-state index contributed by atoms with van der Waals surface area (Å²) in [6, 6.07) is 9.35. The van der Waals surface area contributed by atoms with E-state index in [0.29, 0.717) is 6.42 Å². The number of aliphatic carboxylic acids is 1. The highest BCUT2D eigenvalue weighted by Gasteiger charge is 2.19. The van der Waals surface area contributed by atoms with Crippen LogP contribution in [-0.4, -0.2) is 16.9 Å². The van der Waals surface area contributed by atoms with Gasteiger partial charge in [-0.25, -0.2) is 0 Å². The molecule has 1 N–H and O–H groups in total. The maximum Gasteiger partial charge on any atom is 0.307 e. The lowest BCUT2D eigenvalue weighted by molar-refractivity contribution is -0.143. The lowest BCUT2D eigenvalue weighted by Crippen LogP contribution is -2.19. The van der Waals surface area contributed by atoms with Crippen LogP contribution in [0.5, 0.6) is 0 Å². The van der Waals surface area contributed by atoms with Crippen molar-refractivity contribution in [1.82, 2.24) is 0 Å². The second-order valence-electron chi connectivity index (χ2n) is 3.63. The molecule has 0 radical (unpaired) electrons. The SMILES string of the molecule is CC(=O)C[C@@H](Cc1ccccc1)C(=O)O. The van der Waals surface area contributed by atoms with Crippen LogP contribution in [-0.2, 0) is 16.0 Å². The minimum atomic E-state index is -0.908. The average Bonchev–Trinajstić information content (AvgIpc) is 2.17. The Morgan fingerprint density at radius 1 is 1.27 bits per heavy atom. The summed E-state index contributed by atoms with van der Waals surface area (Å²) in [4.78, 5) is 21.8. The minimum Gasteiger partial charge on any atom is -0.481 e. The van der Waals surface area contributed by atoms with E-state index in [9.17, 15) is 9.59 Å². The number of benzene rings is 1. The van der Waals surface area contributed by atoms with E-state index in [4.69, 9.17) is 5.11 Å². The molecular formula is C12H14O3. The van der Waals surface area contributed by atoms with Crippen molar-refractivity contribution in [1.29, 1.82) is 0 Å². The van der Waals surface area contributed by atoms with Crippen LogP contribution in [0.3, 0.4) is 0 Å². The predicted molar refractivity (Wildman–Crippen MR) is 56.6 cm³/mol. The Balaban J connectivity index is 2.67. The molecule has 0 aliphatic heterocycles. The highest BCUT2D eigenvalue weighted by Crippen LogP contribution is 2.13. The summed E-state index contributed by atoms with van der Waals surface area (Å²) in [6.45, 7) is 1.42. The quantitative estimate of drug-likeness (QED) is 0.800. The van der Waals surface area contributed by atoms with Gasteiger partial charge in [0.25, 0.3) is 0 Å². The molecule has 0 saturated heterocycles. The number of rotatable bonds is 5. The van der Waals surface area contributed by atoms with Gasteiger partial charge in [-0.1, -0.05) is 30.3 Å². The molecule has 0 aromatic heterocycles.